The first-order valence-corrected chi connectivity index (χ1v) is 10.0. The molecular formula is C22H22F3NO7. The van der Waals surface area contributed by atoms with Gasteiger partial charge in [-0.15, -0.1) is 0 Å². The van der Waals surface area contributed by atoms with E-state index in [2.05, 4.69) is 5.32 Å². The third-order valence-electron chi connectivity index (χ3n) is 5.24. The predicted molar refractivity (Wildman–Crippen MR) is 108 cm³/mol. The molecule has 1 aliphatic heterocycles. The summed E-state index contributed by atoms with van der Waals surface area (Å²) < 4.78 is 49.0. The van der Waals surface area contributed by atoms with Crippen LogP contribution in [0.25, 0.3) is 0 Å². The van der Waals surface area contributed by atoms with E-state index in [1.165, 1.54) is 24.3 Å². The van der Waals surface area contributed by atoms with E-state index >= 15 is 0 Å². The van der Waals surface area contributed by atoms with Gasteiger partial charge < -0.3 is 30.1 Å². The van der Waals surface area contributed by atoms with Crippen molar-refractivity contribution in [1.29, 1.82) is 0 Å². The van der Waals surface area contributed by atoms with Crippen LogP contribution in [0.4, 0.5) is 13.2 Å². The minimum atomic E-state index is -4.53. The van der Waals surface area contributed by atoms with Crippen molar-refractivity contribution in [1.82, 2.24) is 5.32 Å². The molecule has 3 atom stereocenters. The van der Waals surface area contributed by atoms with Crippen molar-refractivity contribution >= 4 is 11.9 Å². The second kappa shape index (κ2) is 9.67. The van der Waals surface area contributed by atoms with Crippen LogP contribution in [-0.4, -0.2) is 46.1 Å². The summed E-state index contributed by atoms with van der Waals surface area (Å²) in [7, 11) is 0. The lowest BCUT2D eigenvalue weighted by Gasteiger charge is -2.21. The Balaban J connectivity index is 1.73. The van der Waals surface area contributed by atoms with Crippen molar-refractivity contribution in [3.8, 4) is 11.5 Å². The van der Waals surface area contributed by atoms with Crippen molar-refractivity contribution in [3.05, 3.63) is 58.7 Å². The molecule has 33 heavy (non-hydrogen) atoms. The second-order valence-electron chi connectivity index (χ2n) is 7.49. The van der Waals surface area contributed by atoms with Crippen LogP contribution in [0.2, 0.25) is 0 Å². The van der Waals surface area contributed by atoms with Crippen LogP contribution in [-0.2, 0) is 17.4 Å². The van der Waals surface area contributed by atoms with Crippen LogP contribution in [0.5, 0.6) is 11.5 Å². The summed E-state index contributed by atoms with van der Waals surface area (Å²) in [6.45, 7) is 1.76. The molecule has 0 amide bonds. The molecule has 0 saturated heterocycles. The number of aliphatic hydroxyl groups is 1. The Morgan fingerprint density at radius 1 is 1.15 bits per heavy atom. The normalized spacial score (nSPS) is 16.9. The van der Waals surface area contributed by atoms with E-state index in [4.69, 9.17) is 14.6 Å². The number of benzene rings is 2. The van der Waals surface area contributed by atoms with Crippen molar-refractivity contribution in [2.45, 2.75) is 44.4 Å². The number of ether oxygens (including phenoxy) is 2. The Morgan fingerprint density at radius 2 is 1.88 bits per heavy atom. The van der Waals surface area contributed by atoms with Gasteiger partial charge in [-0.2, -0.15) is 13.2 Å². The quantitative estimate of drug-likeness (QED) is 0.441. The Hall–Kier alpha value is -3.31. The molecule has 3 rings (SSSR count). The number of aliphatic hydroxyl groups excluding tert-OH is 1. The van der Waals surface area contributed by atoms with E-state index < -0.39 is 36.1 Å². The highest BCUT2D eigenvalue weighted by atomic mass is 19.4. The van der Waals surface area contributed by atoms with Crippen molar-refractivity contribution in [2.24, 2.45) is 0 Å². The van der Waals surface area contributed by atoms with Gasteiger partial charge in [-0.1, -0.05) is 25.1 Å². The summed E-state index contributed by atoms with van der Waals surface area (Å²) in [5.74, 6) is -2.90. The molecular weight excluding hydrogens is 447 g/mol. The minimum Gasteiger partial charge on any atom is -0.478 e. The van der Waals surface area contributed by atoms with E-state index in [-0.39, 0.29) is 41.6 Å². The van der Waals surface area contributed by atoms with Crippen molar-refractivity contribution < 1.29 is 47.6 Å². The van der Waals surface area contributed by atoms with Crippen LogP contribution in [0.1, 0.15) is 46.5 Å². The topological polar surface area (TPSA) is 125 Å². The fraction of sp³-hybridized carbons (Fsp3) is 0.364. The van der Waals surface area contributed by atoms with E-state index in [1.807, 2.05) is 6.92 Å². The molecule has 8 nitrogen and oxygen atoms in total. The average molecular weight is 469 g/mol. The molecule has 11 heteroatoms. The molecule has 3 unspecified atom stereocenters. The van der Waals surface area contributed by atoms with Crippen molar-refractivity contribution in [2.75, 3.05) is 6.54 Å². The molecule has 0 saturated carbocycles. The summed E-state index contributed by atoms with van der Waals surface area (Å²) >= 11 is 0. The van der Waals surface area contributed by atoms with E-state index in [0.29, 0.717) is 12.0 Å². The molecule has 1 heterocycles. The number of nitrogens with one attached hydrogen (secondary N) is 1. The van der Waals surface area contributed by atoms with Gasteiger partial charge in [-0.25, -0.2) is 9.59 Å². The Morgan fingerprint density at radius 3 is 2.48 bits per heavy atom. The third-order valence-corrected chi connectivity index (χ3v) is 5.24. The van der Waals surface area contributed by atoms with E-state index in [9.17, 15) is 33.0 Å². The van der Waals surface area contributed by atoms with Gasteiger partial charge in [0.05, 0.1) is 11.7 Å². The van der Waals surface area contributed by atoms with Crippen LogP contribution in [0, 0.1) is 0 Å². The highest BCUT2D eigenvalue weighted by molar-refractivity contribution is 5.94. The number of alkyl halides is 3. The maximum Gasteiger partial charge on any atom is 0.416 e. The fourth-order valence-corrected chi connectivity index (χ4v) is 3.51. The standard InChI is InChI=1S/C22H22F3NO7/c1-2-14(26-10-15(27)11-4-3-5-13(8-11)22(23,24)25)9-12-6-7-16-18(17(12)19(28)29)33-21(32-16)20(30)31/h3-8,14-15,21,26-27H,2,9-10H2,1H3,(H,28,29)(H,30,31). The zero-order valence-electron chi connectivity index (χ0n) is 17.4. The van der Waals surface area contributed by atoms with Gasteiger partial charge in [-0.3, -0.25) is 0 Å². The highest BCUT2D eigenvalue weighted by Crippen LogP contribution is 2.40. The van der Waals surface area contributed by atoms with Gasteiger partial charge in [0.2, 0.25) is 0 Å². The number of hydrogen-bond acceptors (Lipinski definition) is 6. The summed E-state index contributed by atoms with van der Waals surface area (Å²) in [5.41, 5.74) is -0.642. The number of fused-ring (bicyclic) bond motifs is 1. The number of carboxylic acids is 2. The number of aromatic carboxylic acids is 1. The molecule has 2 aromatic rings. The third kappa shape index (κ3) is 5.55. The molecule has 178 valence electrons. The molecule has 0 radical (unpaired) electrons. The number of carboxylic acid groups (broad SMARTS) is 2. The maximum absolute atomic E-state index is 12.9. The zero-order chi connectivity index (χ0) is 24.3. The Bertz CT molecular complexity index is 1040. The fourth-order valence-electron chi connectivity index (χ4n) is 3.51. The summed E-state index contributed by atoms with van der Waals surface area (Å²) in [4.78, 5) is 23.0. The van der Waals surface area contributed by atoms with E-state index in [1.54, 1.807) is 0 Å². The molecule has 0 fully saturated rings. The lowest BCUT2D eigenvalue weighted by Crippen LogP contribution is -2.34. The van der Waals surface area contributed by atoms with Crippen LogP contribution in [0.3, 0.4) is 0 Å². The van der Waals surface area contributed by atoms with Gasteiger partial charge in [0.15, 0.2) is 11.5 Å². The molecule has 4 N–H and O–H groups in total. The summed E-state index contributed by atoms with van der Waals surface area (Å²) in [6.07, 6.45) is -6.69. The smallest absolute Gasteiger partial charge is 0.416 e. The molecule has 0 aromatic heterocycles. The number of aliphatic carboxylic acids is 1. The minimum absolute atomic E-state index is 0.00419. The molecule has 0 spiro atoms. The monoisotopic (exact) mass is 469 g/mol. The number of carbonyl (C=O) groups is 2. The molecule has 1 aliphatic rings. The lowest BCUT2D eigenvalue weighted by atomic mass is 9.97. The Kier molecular flexibility index (Phi) is 7.13. The molecule has 2 aromatic carbocycles. The number of hydrogen-bond donors (Lipinski definition) is 4. The summed E-state index contributed by atoms with van der Waals surface area (Å²) in [6, 6.07) is 6.98. The van der Waals surface area contributed by atoms with Gasteiger partial charge in [-0.05, 0) is 42.2 Å². The summed E-state index contributed by atoms with van der Waals surface area (Å²) in [5, 5.41) is 32.1. The molecule has 0 aliphatic carbocycles. The van der Waals surface area contributed by atoms with Crippen LogP contribution < -0.4 is 14.8 Å². The van der Waals surface area contributed by atoms with Gasteiger partial charge in [0.1, 0.15) is 5.56 Å². The van der Waals surface area contributed by atoms with Crippen LogP contribution in [0.15, 0.2) is 36.4 Å². The predicted octanol–water partition coefficient (Wildman–Crippen LogP) is 3.23. The van der Waals surface area contributed by atoms with Crippen molar-refractivity contribution in [3.63, 3.8) is 0 Å². The van der Waals surface area contributed by atoms with Gasteiger partial charge in [0.25, 0.3) is 0 Å². The SMILES string of the molecule is CCC(Cc1ccc2c(c1C(=O)O)OC(C(=O)O)O2)NCC(O)c1cccc(C(F)(F)F)c1. The van der Waals surface area contributed by atoms with Crippen LogP contribution >= 0.6 is 0 Å². The first-order valence-electron chi connectivity index (χ1n) is 10.0. The maximum atomic E-state index is 12.9. The first kappa shape index (κ1) is 24.3. The highest BCUT2D eigenvalue weighted by Gasteiger charge is 2.35. The second-order valence-corrected chi connectivity index (χ2v) is 7.49. The van der Waals surface area contributed by atoms with Gasteiger partial charge in [0, 0.05) is 12.6 Å². The van der Waals surface area contributed by atoms with Gasteiger partial charge >= 0.3 is 24.4 Å². The largest absolute Gasteiger partial charge is 0.478 e. The first-order chi connectivity index (χ1) is 15.5. The Labute approximate surface area is 186 Å². The zero-order valence-corrected chi connectivity index (χ0v) is 17.4. The molecule has 0 bridgehead atoms. The van der Waals surface area contributed by atoms with E-state index in [0.717, 1.165) is 12.1 Å². The number of halogens is 3. The number of rotatable bonds is 9. The lowest BCUT2D eigenvalue weighted by molar-refractivity contribution is -0.154. The average Bonchev–Trinajstić information content (AvgIpc) is 3.20.